The van der Waals surface area contributed by atoms with Crippen molar-refractivity contribution in [2.45, 2.75) is 6.92 Å². The summed E-state index contributed by atoms with van der Waals surface area (Å²) in [6.45, 7) is 2.47. The van der Waals surface area contributed by atoms with Gasteiger partial charge in [0.2, 0.25) is 5.43 Å². The van der Waals surface area contributed by atoms with Gasteiger partial charge in [-0.05, 0) is 49.4 Å². The highest BCUT2D eigenvalue weighted by molar-refractivity contribution is 7.22. The number of fused-ring (bicyclic) bond motifs is 1. The van der Waals surface area contributed by atoms with Gasteiger partial charge in [-0.1, -0.05) is 22.9 Å². The number of benzene rings is 2. The highest BCUT2D eigenvalue weighted by atomic mass is 35.5. The summed E-state index contributed by atoms with van der Waals surface area (Å²) in [5, 5.41) is 7.78. The largest absolute Gasteiger partial charge is 0.494 e. The van der Waals surface area contributed by atoms with Gasteiger partial charge in [-0.15, -0.1) is 0 Å². The van der Waals surface area contributed by atoms with Crippen LogP contribution in [0.2, 0.25) is 5.02 Å². The zero-order valence-corrected chi connectivity index (χ0v) is 16.8. The van der Waals surface area contributed by atoms with Crippen LogP contribution in [0.4, 0.5) is 5.13 Å². The van der Waals surface area contributed by atoms with E-state index in [0.29, 0.717) is 22.4 Å². The van der Waals surface area contributed by atoms with Gasteiger partial charge in [0, 0.05) is 17.3 Å². The van der Waals surface area contributed by atoms with Crippen LogP contribution in [0, 0.1) is 0 Å². The average molecular weight is 427 g/mol. The molecule has 0 fully saturated rings. The number of hydrogen-bond donors (Lipinski definition) is 1. The van der Waals surface area contributed by atoms with Crippen molar-refractivity contribution in [1.82, 2.24) is 14.8 Å². The minimum Gasteiger partial charge on any atom is -0.494 e. The van der Waals surface area contributed by atoms with Gasteiger partial charge in [-0.2, -0.15) is 5.10 Å². The molecule has 0 unspecified atom stereocenters. The summed E-state index contributed by atoms with van der Waals surface area (Å²) < 4.78 is 7.79. The van der Waals surface area contributed by atoms with E-state index in [1.165, 1.54) is 28.3 Å². The Morgan fingerprint density at radius 3 is 2.76 bits per heavy atom. The number of halogens is 1. The molecule has 9 heteroatoms. The molecule has 4 aromatic rings. The van der Waals surface area contributed by atoms with Crippen LogP contribution in [-0.4, -0.2) is 27.3 Å². The Labute approximate surface area is 174 Å². The van der Waals surface area contributed by atoms with Gasteiger partial charge in [0.1, 0.15) is 5.75 Å². The fourth-order valence-corrected chi connectivity index (χ4v) is 3.69. The standard InChI is InChI=1S/C20H15ClN4O3S/c1-2-28-14-7-8-15-17(11-14)29-20(22-15)23-19(27)18-16(26)9-10-25(24-18)13-5-3-12(21)4-6-13/h3-11H,2H2,1H3,(H,22,23,27). The first-order valence-corrected chi connectivity index (χ1v) is 9.93. The molecule has 0 atom stereocenters. The number of aromatic nitrogens is 3. The summed E-state index contributed by atoms with van der Waals surface area (Å²) in [5.74, 6) is 0.111. The molecule has 1 N–H and O–H groups in total. The van der Waals surface area contributed by atoms with Crippen LogP contribution in [0.1, 0.15) is 17.4 Å². The molecule has 2 aromatic carbocycles. The minimum absolute atomic E-state index is 0.225. The summed E-state index contributed by atoms with van der Waals surface area (Å²) >= 11 is 7.19. The summed E-state index contributed by atoms with van der Waals surface area (Å²) in [6, 6.07) is 13.7. The molecule has 146 valence electrons. The van der Waals surface area contributed by atoms with Crippen molar-refractivity contribution in [3.8, 4) is 11.4 Å². The molecular weight excluding hydrogens is 412 g/mol. The Bertz CT molecular complexity index is 1250. The summed E-state index contributed by atoms with van der Waals surface area (Å²) in [5.41, 5.74) is 0.699. The van der Waals surface area contributed by atoms with E-state index < -0.39 is 11.3 Å². The van der Waals surface area contributed by atoms with Crippen molar-refractivity contribution in [2.24, 2.45) is 0 Å². The molecule has 1 amide bonds. The number of anilines is 1. The first kappa shape index (κ1) is 19.1. The SMILES string of the molecule is CCOc1ccc2nc(NC(=O)c3nn(-c4ccc(Cl)cc4)ccc3=O)sc2c1. The molecule has 4 rings (SSSR count). The minimum atomic E-state index is -0.623. The monoisotopic (exact) mass is 426 g/mol. The number of amides is 1. The number of rotatable bonds is 5. The van der Waals surface area contributed by atoms with Crippen LogP contribution in [0.25, 0.3) is 15.9 Å². The van der Waals surface area contributed by atoms with E-state index in [-0.39, 0.29) is 5.69 Å². The highest BCUT2D eigenvalue weighted by Crippen LogP contribution is 2.29. The van der Waals surface area contributed by atoms with Crippen molar-refractivity contribution in [3.05, 3.63) is 75.7 Å². The molecule has 2 aromatic heterocycles. The van der Waals surface area contributed by atoms with E-state index in [2.05, 4.69) is 15.4 Å². The second-order valence-electron chi connectivity index (χ2n) is 5.99. The lowest BCUT2D eigenvalue weighted by Crippen LogP contribution is -2.25. The summed E-state index contributed by atoms with van der Waals surface area (Å²) in [7, 11) is 0. The summed E-state index contributed by atoms with van der Waals surface area (Å²) in [4.78, 5) is 29.2. The normalized spacial score (nSPS) is 10.8. The smallest absolute Gasteiger partial charge is 0.281 e. The summed E-state index contributed by atoms with van der Waals surface area (Å²) in [6.07, 6.45) is 1.50. The highest BCUT2D eigenvalue weighted by Gasteiger charge is 2.16. The number of nitrogens with one attached hydrogen (secondary N) is 1. The molecule has 0 saturated heterocycles. The fourth-order valence-electron chi connectivity index (χ4n) is 2.67. The molecule has 0 radical (unpaired) electrons. The van der Waals surface area contributed by atoms with Crippen molar-refractivity contribution in [1.29, 1.82) is 0 Å². The Morgan fingerprint density at radius 1 is 1.21 bits per heavy atom. The van der Waals surface area contributed by atoms with Crippen molar-refractivity contribution < 1.29 is 9.53 Å². The van der Waals surface area contributed by atoms with Gasteiger partial charge in [-0.3, -0.25) is 14.9 Å². The lowest BCUT2D eigenvalue weighted by atomic mass is 10.3. The number of nitrogens with zero attached hydrogens (tertiary/aromatic N) is 3. The van der Waals surface area contributed by atoms with Gasteiger partial charge in [0.25, 0.3) is 5.91 Å². The van der Waals surface area contributed by atoms with Gasteiger partial charge < -0.3 is 4.74 Å². The predicted octanol–water partition coefficient (Wildman–Crippen LogP) is 4.15. The van der Waals surface area contributed by atoms with E-state index >= 15 is 0 Å². The number of hydrogen-bond acceptors (Lipinski definition) is 6. The van der Waals surface area contributed by atoms with E-state index in [1.807, 2.05) is 25.1 Å². The van der Waals surface area contributed by atoms with Crippen molar-refractivity contribution in [3.63, 3.8) is 0 Å². The van der Waals surface area contributed by atoms with Crippen LogP contribution in [0.15, 0.2) is 59.5 Å². The maximum atomic E-state index is 12.7. The molecular formula is C20H15ClN4O3S. The average Bonchev–Trinajstić information content (AvgIpc) is 3.10. The van der Waals surface area contributed by atoms with E-state index in [4.69, 9.17) is 16.3 Å². The Kier molecular flexibility index (Phi) is 5.28. The van der Waals surface area contributed by atoms with E-state index in [0.717, 1.165) is 16.0 Å². The van der Waals surface area contributed by atoms with Crippen LogP contribution in [0.5, 0.6) is 5.75 Å². The molecule has 2 heterocycles. The Balaban J connectivity index is 1.61. The number of thiazole rings is 1. The topological polar surface area (TPSA) is 86.1 Å². The number of carbonyl (C=O) groups is 1. The lowest BCUT2D eigenvalue weighted by Gasteiger charge is -2.07. The van der Waals surface area contributed by atoms with E-state index in [9.17, 15) is 9.59 Å². The van der Waals surface area contributed by atoms with Gasteiger partial charge >= 0.3 is 0 Å². The van der Waals surface area contributed by atoms with Crippen LogP contribution in [-0.2, 0) is 0 Å². The third-order valence-corrected chi connectivity index (χ3v) is 5.19. The Morgan fingerprint density at radius 2 is 2.00 bits per heavy atom. The zero-order chi connectivity index (χ0) is 20.4. The Hall–Kier alpha value is -3.23. The molecule has 0 bridgehead atoms. The first-order valence-electron chi connectivity index (χ1n) is 8.74. The van der Waals surface area contributed by atoms with E-state index in [1.54, 1.807) is 24.3 Å². The zero-order valence-electron chi connectivity index (χ0n) is 15.3. The molecule has 29 heavy (non-hydrogen) atoms. The maximum absolute atomic E-state index is 12.7. The van der Waals surface area contributed by atoms with Gasteiger partial charge in [0.05, 0.1) is 22.5 Å². The molecule has 0 spiro atoms. The molecule has 7 nitrogen and oxygen atoms in total. The third kappa shape index (κ3) is 4.13. The maximum Gasteiger partial charge on any atom is 0.281 e. The second-order valence-corrected chi connectivity index (χ2v) is 7.45. The third-order valence-electron chi connectivity index (χ3n) is 4.01. The fraction of sp³-hybridized carbons (Fsp3) is 0.100. The molecule has 0 saturated carbocycles. The van der Waals surface area contributed by atoms with Crippen LogP contribution in [0.3, 0.4) is 0 Å². The van der Waals surface area contributed by atoms with Crippen molar-refractivity contribution >= 4 is 44.2 Å². The first-order chi connectivity index (χ1) is 14.0. The van der Waals surface area contributed by atoms with Crippen LogP contribution < -0.4 is 15.5 Å². The molecule has 0 aliphatic carbocycles. The predicted molar refractivity (Wildman–Crippen MR) is 114 cm³/mol. The van der Waals surface area contributed by atoms with Gasteiger partial charge in [0.15, 0.2) is 10.8 Å². The van der Waals surface area contributed by atoms with Crippen molar-refractivity contribution in [2.75, 3.05) is 11.9 Å². The second kappa shape index (κ2) is 8.02. The lowest BCUT2D eigenvalue weighted by molar-refractivity contribution is 0.101. The molecule has 0 aliphatic heterocycles. The number of ether oxygens (including phenoxy) is 1. The number of carbonyl (C=O) groups excluding carboxylic acids is 1. The quantitative estimate of drug-likeness (QED) is 0.518. The van der Waals surface area contributed by atoms with Gasteiger partial charge in [-0.25, -0.2) is 9.67 Å². The van der Waals surface area contributed by atoms with Crippen LogP contribution >= 0.6 is 22.9 Å². The molecule has 0 aliphatic rings.